The lowest BCUT2D eigenvalue weighted by Crippen LogP contribution is -2.60. The fourth-order valence-corrected chi connectivity index (χ4v) is 7.16. The summed E-state index contributed by atoms with van der Waals surface area (Å²) in [6.45, 7) is 3.80. The van der Waals surface area contributed by atoms with E-state index in [1.807, 2.05) is 56.3 Å². The molecule has 0 spiro atoms. The van der Waals surface area contributed by atoms with Crippen molar-refractivity contribution in [2.24, 2.45) is 11.7 Å². The van der Waals surface area contributed by atoms with Crippen LogP contribution in [0, 0.1) is 5.92 Å². The summed E-state index contributed by atoms with van der Waals surface area (Å²) >= 11 is 0. The molecular formula is C39H51N9O9. The largest absolute Gasteiger partial charge is 0.481 e. The summed E-state index contributed by atoms with van der Waals surface area (Å²) < 4.78 is 7.52. The molecule has 2 aromatic carbocycles. The third kappa shape index (κ3) is 11.6. The lowest BCUT2D eigenvalue weighted by molar-refractivity contribution is -0.146. The smallest absolute Gasteiger partial charge is 0.305 e. The molecule has 0 bridgehead atoms. The van der Waals surface area contributed by atoms with Crippen LogP contribution in [0.4, 0.5) is 0 Å². The number of carboxylic acids is 1. The van der Waals surface area contributed by atoms with E-state index in [0.717, 1.165) is 10.8 Å². The zero-order chi connectivity index (χ0) is 41.1. The highest BCUT2D eigenvalue weighted by molar-refractivity contribution is 5.98. The van der Waals surface area contributed by atoms with Crippen LogP contribution in [0.25, 0.3) is 10.8 Å². The van der Waals surface area contributed by atoms with E-state index in [1.54, 1.807) is 4.68 Å². The van der Waals surface area contributed by atoms with Crippen molar-refractivity contribution in [2.45, 2.75) is 109 Å². The number of nitrogens with two attached hydrogens (primary N) is 1. The number of carboxylic acid groups (broad SMARTS) is 1. The molecule has 2 aliphatic rings. The Labute approximate surface area is 329 Å². The van der Waals surface area contributed by atoms with Gasteiger partial charge in [-0.2, -0.15) is 0 Å². The normalized spacial score (nSPS) is 22.3. The number of aryl methyl sites for hydroxylation is 1. The van der Waals surface area contributed by atoms with Crippen LogP contribution in [-0.4, -0.2) is 110 Å². The molecule has 6 amide bonds. The molecule has 0 unspecified atom stereocenters. The van der Waals surface area contributed by atoms with Gasteiger partial charge in [-0.05, 0) is 54.4 Å². The van der Waals surface area contributed by atoms with Gasteiger partial charge in [0.1, 0.15) is 30.2 Å². The number of nitrogens with zero attached hydrogens (tertiary/aromatic N) is 4. The van der Waals surface area contributed by atoms with Crippen molar-refractivity contribution in [1.82, 2.24) is 41.2 Å². The van der Waals surface area contributed by atoms with Crippen LogP contribution in [0.2, 0.25) is 0 Å². The van der Waals surface area contributed by atoms with Crippen molar-refractivity contribution in [2.75, 3.05) is 13.2 Å². The van der Waals surface area contributed by atoms with E-state index < -0.39 is 78.0 Å². The average Bonchev–Trinajstić information content (AvgIpc) is 3.84. The zero-order valence-corrected chi connectivity index (χ0v) is 32.1. The maximum atomic E-state index is 14.4. The van der Waals surface area contributed by atoms with Gasteiger partial charge < -0.3 is 41.7 Å². The fourth-order valence-electron chi connectivity index (χ4n) is 7.16. The molecule has 18 heteroatoms. The van der Waals surface area contributed by atoms with Crippen LogP contribution in [0.1, 0.15) is 70.1 Å². The van der Waals surface area contributed by atoms with Crippen LogP contribution >= 0.6 is 0 Å². The molecule has 5 rings (SSSR count). The highest BCUT2D eigenvalue weighted by atomic mass is 16.5. The topological polar surface area (TPSA) is 257 Å². The lowest BCUT2D eigenvalue weighted by atomic mass is 9.97. The molecule has 3 aromatic rings. The van der Waals surface area contributed by atoms with Gasteiger partial charge >= 0.3 is 5.97 Å². The molecule has 1 saturated heterocycles. The number of aromatic nitrogens is 3. The van der Waals surface area contributed by atoms with Crippen LogP contribution in [-0.2, 0) is 57.9 Å². The summed E-state index contributed by atoms with van der Waals surface area (Å²) in [7, 11) is 0. The Bertz CT molecular complexity index is 1940. The van der Waals surface area contributed by atoms with E-state index in [4.69, 9.17) is 10.5 Å². The molecule has 0 aliphatic carbocycles. The predicted molar refractivity (Wildman–Crippen MR) is 205 cm³/mol. The van der Waals surface area contributed by atoms with Crippen LogP contribution in [0.5, 0.6) is 0 Å². The second-order valence-electron chi connectivity index (χ2n) is 14.9. The molecule has 306 valence electrons. The minimum Gasteiger partial charge on any atom is -0.481 e. The minimum absolute atomic E-state index is 0.000134. The Kier molecular flexibility index (Phi) is 14.7. The van der Waals surface area contributed by atoms with Gasteiger partial charge in [0.05, 0.1) is 31.5 Å². The Balaban J connectivity index is 1.50. The van der Waals surface area contributed by atoms with Crippen molar-refractivity contribution in [3.05, 3.63) is 59.9 Å². The third-order valence-corrected chi connectivity index (χ3v) is 10.0. The molecule has 1 aromatic heterocycles. The highest BCUT2D eigenvalue weighted by Crippen LogP contribution is 2.23. The number of primary amides is 1. The Hall–Kier alpha value is -5.91. The Morgan fingerprint density at radius 3 is 2.49 bits per heavy atom. The van der Waals surface area contributed by atoms with Gasteiger partial charge in [-0.15, -0.1) is 5.10 Å². The first-order chi connectivity index (χ1) is 27.3. The highest BCUT2D eigenvalue weighted by Gasteiger charge is 2.40. The van der Waals surface area contributed by atoms with Gasteiger partial charge in [-0.25, -0.2) is 4.68 Å². The first-order valence-corrected chi connectivity index (χ1v) is 19.2. The molecule has 0 saturated carbocycles. The zero-order valence-electron chi connectivity index (χ0n) is 32.1. The van der Waals surface area contributed by atoms with Crippen LogP contribution < -0.4 is 27.0 Å². The summed E-state index contributed by atoms with van der Waals surface area (Å²) in [6.07, 6.45) is 2.49. The number of fused-ring (bicyclic) bond motifs is 3. The molecular weight excluding hydrogens is 738 g/mol. The van der Waals surface area contributed by atoms with E-state index >= 15 is 0 Å². The van der Waals surface area contributed by atoms with Gasteiger partial charge in [0.2, 0.25) is 35.4 Å². The van der Waals surface area contributed by atoms with Crippen molar-refractivity contribution < 1.29 is 43.4 Å². The molecule has 7 N–H and O–H groups in total. The SMILES string of the molecule is CC(C)C[C@H](NC(=O)[C@@H]1COCc2cnnn2CCCCC(=O)N[C@@H](CC(=O)O)C(=O)N2CCC[C@H]2C(=O)N[C@@H](Cc2cccc3ccccc23)C(=O)N1)C(N)=O. The molecule has 5 atom stereocenters. The molecule has 57 heavy (non-hydrogen) atoms. The Morgan fingerprint density at radius 1 is 0.965 bits per heavy atom. The quantitative estimate of drug-likeness (QED) is 0.172. The summed E-state index contributed by atoms with van der Waals surface area (Å²) in [5, 5.41) is 30.1. The maximum Gasteiger partial charge on any atom is 0.305 e. The number of aliphatic carboxylic acids is 1. The monoisotopic (exact) mass is 789 g/mol. The number of benzene rings is 2. The number of hydrogen-bond acceptors (Lipinski definition) is 10. The lowest BCUT2D eigenvalue weighted by Gasteiger charge is -2.30. The molecule has 1 fully saturated rings. The van der Waals surface area contributed by atoms with Crippen molar-refractivity contribution in [1.29, 1.82) is 0 Å². The van der Waals surface area contributed by atoms with E-state index in [1.165, 1.54) is 11.1 Å². The molecule has 0 radical (unpaired) electrons. The van der Waals surface area contributed by atoms with E-state index in [9.17, 15) is 38.7 Å². The van der Waals surface area contributed by atoms with E-state index in [2.05, 4.69) is 31.6 Å². The number of ether oxygens (including phenoxy) is 1. The van der Waals surface area contributed by atoms with E-state index in [-0.39, 0.29) is 51.4 Å². The van der Waals surface area contributed by atoms with Crippen molar-refractivity contribution >= 4 is 52.2 Å². The van der Waals surface area contributed by atoms with Crippen LogP contribution in [0.15, 0.2) is 48.7 Å². The predicted octanol–water partition coefficient (Wildman–Crippen LogP) is 0.311. The van der Waals surface area contributed by atoms with Gasteiger partial charge in [0.25, 0.3) is 0 Å². The van der Waals surface area contributed by atoms with Crippen molar-refractivity contribution in [3.63, 3.8) is 0 Å². The number of nitrogens with one attached hydrogen (secondary N) is 4. The van der Waals surface area contributed by atoms with Crippen LogP contribution in [0.3, 0.4) is 0 Å². The molecule has 3 heterocycles. The molecule has 2 aliphatic heterocycles. The molecule has 18 nitrogen and oxygen atoms in total. The van der Waals surface area contributed by atoms with Gasteiger partial charge in [-0.1, -0.05) is 61.5 Å². The number of hydrogen-bond donors (Lipinski definition) is 6. The first-order valence-electron chi connectivity index (χ1n) is 19.2. The summed E-state index contributed by atoms with van der Waals surface area (Å²) in [5.74, 6) is -5.46. The van der Waals surface area contributed by atoms with E-state index in [0.29, 0.717) is 37.1 Å². The number of rotatable bonds is 9. The number of carbonyl (C=O) groups excluding carboxylic acids is 6. The summed E-state index contributed by atoms with van der Waals surface area (Å²) in [6, 6.07) is 6.90. The Morgan fingerprint density at radius 2 is 1.74 bits per heavy atom. The fraction of sp³-hybridized carbons (Fsp3) is 0.513. The third-order valence-electron chi connectivity index (χ3n) is 10.0. The van der Waals surface area contributed by atoms with Gasteiger partial charge in [-0.3, -0.25) is 33.6 Å². The second-order valence-corrected chi connectivity index (χ2v) is 14.9. The second kappa shape index (κ2) is 19.8. The van der Waals surface area contributed by atoms with Gasteiger partial charge in [0.15, 0.2) is 0 Å². The minimum atomic E-state index is -1.43. The van der Waals surface area contributed by atoms with Crippen molar-refractivity contribution in [3.8, 4) is 0 Å². The summed E-state index contributed by atoms with van der Waals surface area (Å²) in [5.41, 5.74) is 6.89. The number of carbonyl (C=O) groups is 7. The standard InChI is InChI=1S/C39H51N9O9/c1-23(2)17-28(35(40)52)43-37(54)31-22-57-21-26-20-41-46-48(26)16-6-5-14-33(49)42-30(19-34(50)51)39(56)47-15-8-13-32(47)38(55)44-29(36(53)45-31)18-25-11-7-10-24-9-3-4-12-27(24)25/h3-4,7,9-12,20,23,28-32H,5-6,8,13-19,21-22H2,1-2H3,(H2,40,52)(H,42,49)(H,43,54)(H,44,55)(H,45,53)(H,50,51)/t28-,29-,30-,31-,32-/m0/s1. The first kappa shape index (κ1) is 42.2. The average molecular weight is 790 g/mol. The summed E-state index contributed by atoms with van der Waals surface area (Å²) in [4.78, 5) is 94.6. The number of amides is 6. The maximum absolute atomic E-state index is 14.4. The van der Waals surface area contributed by atoms with Gasteiger partial charge in [0, 0.05) is 25.9 Å².